The predicted molar refractivity (Wildman–Crippen MR) is 115 cm³/mol. The second kappa shape index (κ2) is 7.31. The predicted octanol–water partition coefficient (Wildman–Crippen LogP) is 4.58. The molecule has 1 saturated heterocycles. The number of nitrogens with zero attached hydrogens (tertiary/aromatic N) is 2. The van der Waals surface area contributed by atoms with Crippen molar-refractivity contribution in [3.63, 3.8) is 0 Å². The molecule has 2 aliphatic heterocycles. The van der Waals surface area contributed by atoms with E-state index in [0.717, 1.165) is 30.6 Å². The van der Waals surface area contributed by atoms with E-state index in [9.17, 15) is 9.59 Å². The van der Waals surface area contributed by atoms with Crippen molar-refractivity contribution in [3.05, 3.63) is 70.8 Å². The van der Waals surface area contributed by atoms with Crippen molar-refractivity contribution >= 4 is 17.5 Å². The van der Waals surface area contributed by atoms with Crippen molar-refractivity contribution in [1.29, 1.82) is 0 Å². The smallest absolute Gasteiger partial charge is 0.328 e. The zero-order chi connectivity index (χ0) is 20.8. The van der Waals surface area contributed by atoms with Gasteiger partial charge in [0.1, 0.15) is 11.8 Å². The van der Waals surface area contributed by atoms with Crippen molar-refractivity contribution in [1.82, 2.24) is 9.80 Å². The van der Waals surface area contributed by atoms with E-state index in [1.165, 1.54) is 27.2 Å². The summed E-state index contributed by atoms with van der Waals surface area (Å²) in [6.07, 6.45) is 3.21. The zero-order valence-electron chi connectivity index (χ0n) is 17.4. The highest BCUT2D eigenvalue weighted by atomic mass is 16.5. The summed E-state index contributed by atoms with van der Waals surface area (Å²) in [4.78, 5) is 30.0. The number of unbranched alkanes of at least 4 members (excludes halogenated alkanes) is 1. The molecule has 2 atom stereocenters. The van der Waals surface area contributed by atoms with Gasteiger partial charge >= 0.3 is 6.03 Å². The lowest BCUT2D eigenvalue weighted by atomic mass is 9.85. The van der Waals surface area contributed by atoms with Crippen LogP contribution < -0.4 is 4.74 Å². The maximum atomic E-state index is 13.4. The quantitative estimate of drug-likeness (QED) is 0.688. The van der Waals surface area contributed by atoms with Gasteiger partial charge < -0.3 is 9.64 Å². The topological polar surface area (TPSA) is 49.9 Å². The molecule has 1 aliphatic carbocycles. The standard InChI is InChI=1S/C25H26N2O3/c1-3-4-13-26-24(28)22-15-20-19-8-6-5-7-17(19)14-21(20)23(27(22)25(26)29)16-9-11-18(30-2)12-10-16/h5-12,22-23H,3-4,13-15H2,1-2H3. The van der Waals surface area contributed by atoms with Gasteiger partial charge in [-0.2, -0.15) is 0 Å². The average molecular weight is 402 g/mol. The number of hydrogen-bond acceptors (Lipinski definition) is 3. The Morgan fingerprint density at radius 3 is 2.57 bits per heavy atom. The number of ether oxygens (including phenoxy) is 1. The molecule has 3 amide bonds. The number of amides is 3. The Kier molecular flexibility index (Phi) is 4.61. The Balaban J connectivity index is 1.61. The van der Waals surface area contributed by atoms with Gasteiger partial charge in [-0.1, -0.05) is 49.7 Å². The molecule has 5 rings (SSSR count). The van der Waals surface area contributed by atoms with E-state index < -0.39 is 6.04 Å². The maximum Gasteiger partial charge on any atom is 0.328 e. The summed E-state index contributed by atoms with van der Waals surface area (Å²) >= 11 is 0. The minimum atomic E-state index is -0.425. The Bertz CT molecular complexity index is 1040. The largest absolute Gasteiger partial charge is 0.497 e. The zero-order valence-corrected chi connectivity index (χ0v) is 17.4. The summed E-state index contributed by atoms with van der Waals surface area (Å²) in [6.45, 7) is 2.57. The van der Waals surface area contributed by atoms with Crippen LogP contribution in [0.4, 0.5) is 4.79 Å². The number of urea groups is 1. The fourth-order valence-corrected chi connectivity index (χ4v) is 5.13. The van der Waals surface area contributed by atoms with Crippen LogP contribution in [0.3, 0.4) is 0 Å². The molecular formula is C25H26N2O3. The summed E-state index contributed by atoms with van der Waals surface area (Å²) in [7, 11) is 1.65. The highest BCUT2D eigenvalue weighted by Gasteiger charge is 2.53. The highest BCUT2D eigenvalue weighted by molar-refractivity contribution is 6.06. The van der Waals surface area contributed by atoms with Crippen LogP contribution in [-0.2, 0) is 11.2 Å². The molecule has 1 fully saturated rings. The van der Waals surface area contributed by atoms with Crippen LogP contribution in [0.15, 0.2) is 54.1 Å². The number of benzene rings is 2. The monoisotopic (exact) mass is 402 g/mol. The van der Waals surface area contributed by atoms with Gasteiger partial charge in [0.15, 0.2) is 0 Å². The SMILES string of the molecule is CCCCN1C(=O)C2CC3=C(Cc4ccccc43)C(c3ccc(OC)cc3)N2C1=O. The Hall–Kier alpha value is -3.08. The molecule has 2 aromatic rings. The molecule has 154 valence electrons. The number of carbonyl (C=O) groups excluding carboxylic acids is 2. The summed E-state index contributed by atoms with van der Waals surface area (Å²) in [5.41, 5.74) is 6.03. The fraction of sp³-hybridized carbons (Fsp3) is 0.360. The molecule has 0 aromatic heterocycles. The number of hydrogen-bond donors (Lipinski definition) is 0. The van der Waals surface area contributed by atoms with Crippen LogP contribution in [-0.4, -0.2) is 41.4 Å². The number of carbonyl (C=O) groups is 2. The minimum Gasteiger partial charge on any atom is -0.497 e. The van der Waals surface area contributed by atoms with E-state index in [-0.39, 0.29) is 18.0 Å². The second-order valence-electron chi connectivity index (χ2n) is 8.27. The Morgan fingerprint density at radius 2 is 1.83 bits per heavy atom. The third-order valence-corrected chi connectivity index (χ3v) is 6.62. The van der Waals surface area contributed by atoms with E-state index in [2.05, 4.69) is 31.2 Å². The molecule has 0 radical (unpaired) electrons. The normalized spacial score (nSPS) is 22.3. The third-order valence-electron chi connectivity index (χ3n) is 6.62. The van der Waals surface area contributed by atoms with Crippen molar-refractivity contribution < 1.29 is 14.3 Å². The molecule has 5 heteroatoms. The first-order chi connectivity index (χ1) is 14.6. The average Bonchev–Trinajstić information content (AvgIpc) is 3.26. The second-order valence-corrected chi connectivity index (χ2v) is 8.27. The number of imide groups is 1. The van der Waals surface area contributed by atoms with Gasteiger partial charge in [0.05, 0.1) is 13.2 Å². The first-order valence-electron chi connectivity index (χ1n) is 10.7. The lowest BCUT2D eigenvalue weighted by molar-refractivity contribution is -0.128. The van der Waals surface area contributed by atoms with E-state index in [4.69, 9.17) is 4.74 Å². The molecule has 0 N–H and O–H groups in total. The van der Waals surface area contributed by atoms with Crippen LogP contribution in [0.1, 0.15) is 48.9 Å². The Morgan fingerprint density at radius 1 is 1.07 bits per heavy atom. The highest BCUT2D eigenvalue weighted by Crippen LogP contribution is 2.50. The van der Waals surface area contributed by atoms with Gasteiger partial charge in [-0.05, 0) is 52.8 Å². The summed E-state index contributed by atoms with van der Waals surface area (Å²) in [6, 6.07) is 15.5. The van der Waals surface area contributed by atoms with Gasteiger partial charge in [0.25, 0.3) is 5.91 Å². The maximum absolute atomic E-state index is 13.4. The molecule has 5 nitrogen and oxygen atoms in total. The molecule has 2 unspecified atom stereocenters. The van der Waals surface area contributed by atoms with Crippen LogP contribution >= 0.6 is 0 Å². The van der Waals surface area contributed by atoms with E-state index in [1.54, 1.807) is 7.11 Å². The summed E-state index contributed by atoms with van der Waals surface area (Å²) in [5.74, 6) is 0.728. The molecular weight excluding hydrogens is 376 g/mol. The van der Waals surface area contributed by atoms with E-state index in [0.29, 0.717) is 13.0 Å². The fourth-order valence-electron chi connectivity index (χ4n) is 5.13. The van der Waals surface area contributed by atoms with Crippen LogP contribution in [0.25, 0.3) is 5.57 Å². The van der Waals surface area contributed by atoms with Crippen LogP contribution in [0, 0.1) is 0 Å². The number of fused-ring (bicyclic) bond motifs is 3. The van der Waals surface area contributed by atoms with Crippen LogP contribution in [0.2, 0.25) is 0 Å². The first-order valence-corrected chi connectivity index (χ1v) is 10.7. The van der Waals surface area contributed by atoms with Crippen molar-refractivity contribution in [3.8, 4) is 5.75 Å². The summed E-state index contributed by atoms with van der Waals surface area (Å²) < 4.78 is 5.33. The summed E-state index contributed by atoms with van der Waals surface area (Å²) in [5, 5.41) is 0. The third kappa shape index (κ3) is 2.76. The van der Waals surface area contributed by atoms with Crippen molar-refractivity contribution in [2.24, 2.45) is 0 Å². The lowest BCUT2D eigenvalue weighted by Crippen LogP contribution is -2.42. The van der Waals surface area contributed by atoms with Gasteiger partial charge in [-0.15, -0.1) is 0 Å². The first kappa shape index (κ1) is 18.9. The lowest BCUT2D eigenvalue weighted by Gasteiger charge is -2.37. The molecule has 0 saturated carbocycles. The van der Waals surface area contributed by atoms with Gasteiger partial charge in [-0.25, -0.2) is 4.79 Å². The number of methoxy groups -OCH3 is 1. The van der Waals surface area contributed by atoms with Gasteiger partial charge in [0, 0.05) is 13.0 Å². The van der Waals surface area contributed by atoms with E-state index >= 15 is 0 Å². The molecule has 30 heavy (non-hydrogen) atoms. The number of rotatable bonds is 5. The minimum absolute atomic E-state index is 0.0529. The van der Waals surface area contributed by atoms with Gasteiger partial charge in [0.2, 0.25) is 0 Å². The van der Waals surface area contributed by atoms with Gasteiger partial charge in [-0.3, -0.25) is 9.69 Å². The molecule has 2 aromatic carbocycles. The molecule has 3 aliphatic rings. The van der Waals surface area contributed by atoms with Crippen LogP contribution in [0.5, 0.6) is 5.75 Å². The Labute approximate surface area is 176 Å². The molecule has 0 spiro atoms. The molecule has 0 bridgehead atoms. The molecule has 2 heterocycles. The van der Waals surface area contributed by atoms with Crippen molar-refractivity contribution in [2.75, 3.05) is 13.7 Å². The van der Waals surface area contributed by atoms with Crippen molar-refractivity contribution in [2.45, 2.75) is 44.7 Å². The van der Waals surface area contributed by atoms with E-state index in [1.807, 2.05) is 29.2 Å².